The minimum Gasteiger partial charge on any atom is -0.286 e. The second-order valence-corrected chi connectivity index (χ2v) is 3.93. The van der Waals surface area contributed by atoms with Crippen molar-refractivity contribution in [3.05, 3.63) is 23.1 Å². The monoisotopic (exact) mass is 195 g/mol. The molecule has 0 saturated carbocycles. The minimum absolute atomic E-state index is 0.137. The molecule has 2 nitrogen and oxygen atoms in total. The molecule has 1 aliphatic carbocycles. The van der Waals surface area contributed by atoms with Crippen molar-refractivity contribution in [1.29, 1.82) is 0 Å². The Bertz CT molecular complexity index is 279. The summed E-state index contributed by atoms with van der Waals surface area (Å²) in [6, 6.07) is 0.378. The van der Waals surface area contributed by atoms with Gasteiger partial charge in [-0.05, 0) is 19.0 Å². The van der Waals surface area contributed by atoms with Crippen molar-refractivity contribution < 1.29 is 4.58 Å². The van der Waals surface area contributed by atoms with Crippen LogP contribution in [0.25, 0.3) is 0 Å². The third-order valence-corrected chi connectivity index (χ3v) is 2.84. The molecule has 2 atom stereocenters. The highest BCUT2D eigenvalue weighted by Crippen LogP contribution is 2.22. The van der Waals surface area contributed by atoms with Crippen LogP contribution < -0.4 is 0 Å². The van der Waals surface area contributed by atoms with Crippen molar-refractivity contribution in [2.24, 2.45) is 4.99 Å². The maximum absolute atomic E-state index is 4.05. The summed E-state index contributed by atoms with van der Waals surface area (Å²) >= 11 is 1.74. The lowest BCUT2D eigenvalue weighted by Gasteiger charge is -2.18. The first kappa shape index (κ1) is 10.3. The van der Waals surface area contributed by atoms with Gasteiger partial charge in [0.1, 0.15) is 19.8 Å². The van der Waals surface area contributed by atoms with Gasteiger partial charge >= 0.3 is 0 Å². The van der Waals surface area contributed by atoms with Crippen molar-refractivity contribution in [2.75, 3.05) is 13.3 Å². The molecule has 13 heavy (non-hydrogen) atoms. The van der Waals surface area contributed by atoms with E-state index >= 15 is 0 Å². The van der Waals surface area contributed by atoms with Crippen molar-refractivity contribution in [2.45, 2.75) is 12.1 Å². The van der Waals surface area contributed by atoms with Gasteiger partial charge in [0.15, 0.2) is 6.04 Å². The normalized spacial score (nSPS) is 26.8. The SMILES string of the molecule is C=NC1C=CC(SC)=CC1[N+](=C)C. The van der Waals surface area contributed by atoms with Crippen LogP contribution in [0.2, 0.25) is 0 Å². The molecule has 1 aliphatic rings. The van der Waals surface area contributed by atoms with Gasteiger partial charge in [0.2, 0.25) is 0 Å². The predicted octanol–water partition coefficient (Wildman–Crippen LogP) is 1.58. The van der Waals surface area contributed by atoms with Gasteiger partial charge in [-0.15, -0.1) is 11.8 Å². The van der Waals surface area contributed by atoms with Crippen LogP contribution >= 0.6 is 11.8 Å². The molecule has 3 heteroatoms. The molecule has 0 N–H and O–H groups in total. The molecule has 0 aromatic heterocycles. The number of hydrogen-bond donors (Lipinski definition) is 0. The van der Waals surface area contributed by atoms with E-state index in [2.05, 4.69) is 42.9 Å². The van der Waals surface area contributed by atoms with Crippen molar-refractivity contribution >= 4 is 25.2 Å². The zero-order valence-electron chi connectivity index (χ0n) is 8.10. The van der Waals surface area contributed by atoms with E-state index in [9.17, 15) is 0 Å². The first-order valence-electron chi connectivity index (χ1n) is 4.12. The van der Waals surface area contributed by atoms with E-state index in [1.54, 1.807) is 11.8 Å². The Morgan fingerprint density at radius 2 is 2.31 bits per heavy atom. The number of nitrogens with zero attached hydrogens (tertiary/aromatic N) is 2. The predicted molar refractivity (Wildman–Crippen MR) is 61.2 cm³/mol. The van der Waals surface area contributed by atoms with Gasteiger partial charge in [-0.1, -0.05) is 12.2 Å². The molecule has 0 radical (unpaired) electrons. The largest absolute Gasteiger partial charge is 0.286 e. The number of aliphatic imine (C=N–C) groups is 1. The highest BCUT2D eigenvalue weighted by molar-refractivity contribution is 8.02. The fourth-order valence-corrected chi connectivity index (χ4v) is 1.81. The lowest BCUT2D eigenvalue weighted by atomic mass is 10.0. The Hall–Kier alpha value is -0.830. The second-order valence-electron chi connectivity index (χ2n) is 3.05. The zero-order chi connectivity index (χ0) is 9.84. The molecule has 2 unspecified atom stereocenters. The smallest absolute Gasteiger partial charge is 0.197 e. The van der Waals surface area contributed by atoms with Crippen LogP contribution in [0.15, 0.2) is 28.1 Å². The lowest BCUT2D eigenvalue weighted by Crippen LogP contribution is -2.32. The summed E-state index contributed by atoms with van der Waals surface area (Å²) in [6.07, 6.45) is 8.41. The van der Waals surface area contributed by atoms with E-state index in [0.29, 0.717) is 0 Å². The summed E-state index contributed by atoms with van der Waals surface area (Å²) in [5.41, 5.74) is 0. The molecule has 1 rings (SSSR count). The Morgan fingerprint density at radius 3 is 2.77 bits per heavy atom. The minimum atomic E-state index is 0.137. The van der Waals surface area contributed by atoms with E-state index in [0.717, 1.165) is 0 Å². The molecular weight excluding hydrogens is 180 g/mol. The van der Waals surface area contributed by atoms with Crippen LogP contribution in [0.5, 0.6) is 0 Å². The van der Waals surface area contributed by atoms with Crippen LogP contribution in [0.1, 0.15) is 0 Å². The van der Waals surface area contributed by atoms with Gasteiger partial charge < -0.3 is 0 Å². The summed E-state index contributed by atoms with van der Waals surface area (Å²) in [4.78, 5) is 5.31. The number of rotatable bonds is 3. The first-order chi connectivity index (χ1) is 6.19. The molecule has 0 saturated heterocycles. The molecule has 70 valence electrons. The first-order valence-corrected chi connectivity index (χ1v) is 5.34. The Balaban J connectivity index is 2.88. The fraction of sp³-hybridized carbons (Fsp3) is 0.400. The Labute approximate surface area is 83.8 Å². The average Bonchev–Trinajstić information content (AvgIpc) is 2.16. The highest BCUT2D eigenvalue weighted by atomic mass is 32.2. The van der Waals surface area contributed by atoms with Crippen molar-refractivity contribution in [3.63, 3.8) is 0 Å². The maximum Gasteiger partial charge on any atom is 0.197 e. The van der Waals surface area contributed by atoms with Crippen molar-refractivity contribution in [3.8, 4) is 0 Å². The van der Waals surface area contributed by atoms with E-state index in [1.165, 1.54) is 4.91 Å². The van der Waals surface area contributed by atoms with E-state index in [4.69, 9.17) is 0 Å². The van der Waals surface area contributed by atoms with E-state index < -0.39 is 0 Å². The Kier molecular flexibility index (Phi) is 3.48. The molecule has 0 heterocycles. The van der Waals surface area contributed by atoms with Gasteiger partial charge in [-0.2, -0.15) is 0 Å². The zero-order valence-corrected chi connectivity index (χ0v) is 8.92. The number of allylic oxidation sites excluding steroid dienone is 1. The van der Waals surface area contributed by atoms with Crippen LogP contribution in [0.4, 0.5) is 0 Å². The summed E-state index contributed by atoms with van der Waals surface area (Å²) in [6.45, 7) is 7.46. The van der Waals surface area contributed by atoms with Gasteiger partial charge in [0.25, 0.3) is 0 Å². The van der Waals surface area contributed by atoms with Crippen LogP contribution in [-0.2, 0) is 0 Å². The van der Waals surface area contributed by atoms with Crippen molar-refractivity contribution in [1.82, 2.24) is 0 Å². The molecule has 0 aromatic rings. The molecule has 0 aromatic carbocycles. The summed E-state index contributed by atoms with van der Waals surface area (Å²) < 4.78 is 1.92. The molecule has 0 bridgehead atoms. The Morgan fingerprint density at radius 1 is 1.62 bits per heavy atom. The third-order valence-electron chi connectivity index (χ3n) is 2.10. The molecule has 0 aliphatic heterocycles. The lowest BCUT2D eigenvalue weighted by molar-refractivity contribution is -0.518. The standard InChI is InChI=1S/C10H15N2S/c1-11-9-6-5-8(13-4)7-10(9)12(2)3/h5-7,9-10H,1-2H2,3-4H3/q+1. The number of likely N-dealkylation sites (N-methyl/N-ethyl adjacent to an activating group) is 1. The van der Waals surface area contributed by atoms with Crippen LogP contribution in [0.3, 0.4) is 0 Å². The van der Waals surface area contributed by atoms with E-state index in [-0.39, 0.29) is 12.1 Å². The summed E-state index contributed by atoms with van der Waals surface area (Å²) in [5, 5.41) is 0. The number of thioether (sulfide) groups is 1. The van der Waals surface area contributed by atoms with Crippen LogP contribution in [0, 0.1) is 0 Å². The number of hydrogen-bond acceptors (Lipinski definition) is 2. The maximum atomic E-state index is 4.05. The topological polar surface area (TPSA) is 15.4 Å². The molecule has 0 amide bonds. The molecular formula is C10H15N2S+. The van der Waals surface area contributed by atoms with Gasteiger partial charge in [0, 0.05) is 4.91 Å². The fourth-order valence-electron chi connectivity index (χ4n) is 1.32. The quantitative estimate of drug-likeness (QED) is 0.493. The molecule has 0 spiro atoms. The summed E-state index contributed by atoms with van der Waals surface area (Å²) in [7, 11) is 1.95. The third kappa shape index (κ3) is 2.31. The van der Waals surface area contributed by atoms with Gasteiger partial charge in [-0.25, -0.2) is 4.58 Å². The highest BCUT2D eigenvalue weighted by Gasteiger charge is 2.25. The van der Waals surface area contributed by atoms with Gasteiger partial charge in [-0.3, -0.25) is 4.99 Å². The summed E-state index contributed by atoms with van der Waals surface area (Å²) in [5.74, 6) is 0. The second kappa shape index (κ2) is 4.42. The van der Waals surface area contributed by atoms with E-state index in [1.807, 2.05) is 11.6 Å². The average molecular weight is 195 g/mol. The van der Waals surface area contributed by atoms with Crippen LogP contribution in [-0.4, -0.2) is 43.4 Å². The molecule has 0 fully saturated rings. The van der Waals surface area contributed by atoms with Gasteiger partial charge in [0.05, 0.1) is 0 Å².